The van der Waals surface area contributed by atoms with Crippen LogP contribution in [0.2, 0.25) is 0 Å². The van der Waals surface area contributed by atoms with E-state index < -0.39 is 0 Å². The van der Waals surface area contributed by atoms with Crippen molar-refractivity contribution in [1.82, 2.24) is 0 Å². The van der Waals surface area contributed by atoms with Crippen LogP contribution < -0.4 is 0 Å². The summed E-state index contributed by atoms with van der Waals surface area (Å²) < 4.78 is 0. The Hall–Kier alpha value is -2.86. The fraction of sp³-hybridized carbons (Fsp3) is 0.0435. The molecule has 6 rings (SSSR count). The largest absolute Gasteiger partial charge is 0.0610 e. The van der Waals surface area contributed by atoms with E-state index in [0.29, 0.717) is 0 Å². The van der Waals surface area contributed by atoms with Crippen LogP contribution in [0.3, 0.4) is 0 Å². The van der Waals surface area contributed by atoms with Gasteiger partial charge in [0.2, 0.25) is 0 Å². The minimum atomic E-state index is 1.34. The van der Waals surface area contributed by atoms with Gasteiger partial charge >= 0.3 is 0 Å². The lowest BCUT2D eigenvalue weighted by molar-refractivity contribution is 1.55. The summed E-state index contributed by atoms with van der Waals surface area (Å²) >= 11 is 0. The van der Waals surface area contributed by atoms with E-state index in [4.69, 9.17) is 0 Å². The van der Waals surface area contributed by atoms with Gasteiger partial charge in [-0.25, -0.2) is 0 Å². The molecule has 0 aliphatic rings. The Morgan fingerprint density at radius 3 is 1.78 bits per heavy atom. The van der Waals surface area contributed by atoms with Gasteiger partial charge in [0.1, 0.15) is 0 Å². The maximum atomic E-state index is 2.31. The zero-order valence-corrected chi connectivity index (χ0v) is 12.9. The maximum absolute atomic E-state index is 2.31. The lowest BCUT2D eigenvalue weighted by atomic mass is 9.85. The first-order valence-corrected chi connectivity index (χ1v) is 8.14. The Morgan fingerprint density at radius 1 is 0.435 bits per heavy atom. The van der Waals surface area contributed by atoms with E-state index in [2.05, 4.69) is 73.7 Å². The second kappa shape index (κ2) is 3.72. The summed E-state index contributed by atoms with van der Waals surface area (Å²) in [4.78, 5) is 0. The molecule has 0 saturated heterocycles. The third-order valence-electron chi connectivity index (χ3n) is 5.49. The molecule has 0 heteroatoms. The van der Waals surface area contributed by atoms with Crippen molar-refractivity contribution in [3.05, 3.63) is 72.3 Å². The Bertz CT molecular complexity index is 1350. The van der Waals surface area contributed by atoms with Crippen LogP contribution in [0.1, 0.15) is 5.56 Å². The number of hydrogen-bond acceptors (Lipinski definition) is 0. The van der Waals surface area contributed by atoms with Crippen molar-refractivity contribution >= 4 is 53.9 Å². The topological polar surface area (TPSA) is 0 Å². The van der Waals surface area contributed by atoms with Gasteiger partial charge in [-0.2, -0.15) is 0 Å². The van der Waals surface area contributed by atoms with Crippen LogP contribution in [0.25, 0.3) is 53.9 Å². The highest BCUT2D eigenvalue weighted by atomic mass is 14.2. The van der Waals surface area contributed by atoms with Crippen molar-refractivity contribution in [2.24, 2.45) is 0 Å². The molecule has 0 spiro atoms. The summed E-state index contributed by atoms with van der Waals surface area (Å²) in [6, 6.07) is 24.9. The highest BCUT2D eigenvalue weighted by Crippen LogP contribution is 2.45. The van der Waals surface area contributed by atoms with E-state index in [0.717, 1.165) is 0 Å². The quantitative estimate of drug-likeness (QED) is 0.217. The summed E-state index contributed by atoms with van der Waals surface area (Å²) in [5.74, 6) is 0. The number of rotatable bonds is 0. The Kier molecular flexibility index (Phi) is 1.89. The first-order valence-electron chi connectivity index (χ1n) is 8.14. The van der Waals surface area contributed by atoms with Gasteiger partial charge in [-0.05, 0) is 66.3 Å². The zero-order valence-electron chi connectivity index (χ0n) is 12.9. The van der Waals surface area contributed by atoms with Gasteiger partial charge in [0.05, 0.1) is 0 Å². The number of aryl methyl sites for hydroxylation is 1. The molecule has 6 aromatic rings. The third-order valence-corrected chi connectivity index (χ3v) is 5.49. The molecule has 0 atom stereocenters. The van der Waals surface area contributed by atoms with Crippen molar-refractivity contribution < 1.29 is 0 Å². The number of benzene rings is 6. The summed E-state index contributed by atoms with van der Waals surface area (Å²) in [7, 11) is 0. The Balaban J connectivity index is 2.19. The number of hydrogen-bond donors (Lipinski definition) is 0. The molecule has 0 N–H and O–H groups in total. The molecule has 0 bridgehead atoms. The predicted octanol–water partition coefficient (Wildman–Crippen LogP) is 6.64. The third kappa shape index (κ3) is 1.25. The highest BCUT2D eigenvalue weighted by Gasteiger charge is 2.16. The van der Waals surface area contributed by atoms with Gasteiger partial charge in [0, 0.05) is 0 Å². The first-order chi connectivity index (χ1) is 11.3. The summed E-state index contributed by atoms with van der Waals surface area (Å²) in [6.45, 7) is 2.21. The Labute approximate surface area is 133 Å². The lowest BCUT2D eigenvalue weighted by Crippen LogP contribution is -1.90. The van der Waals surface area contributed by atoms with Crippen molar-refractivity contribution in [1.29, 1.82) is 0 Å². The van der Waals surface area contributed by atoms with Crippen LogP contribution in [0.15, 0.2) is 66.7 Å². The molecule has 0 saturated carbocycles. The molecule has 0 unspecified atom stereocenters. The standard InChI is InChI=1S/C23H14/c1-13-5-11-19-18-4-2-3-14-6-7-15-8-9-16-10-12-17(13)23(19)22(16)21(15)20(14)18/h2-12H,1H3. The fourth-order valence-corrected chi connectivity index (χ4v) is 4.45. The van der Waals surface area contributed by atoms with E-state index in [9.17, 15) is 0 Å². The number of fused-ring (bicyclic) bond motifs is 1. The molecule has 0 amide bonds. The van der Waals surface area contributed by atoms with E-state index in [1.807, 2.05) is 0 Å². The lowest BCUT2D eigenvalue weighted by Gasteiger charge is -2.18. The molecule has 0 heterocycles. The molecule has 0 aliphatic heterocycles. The van der Waals surface area contributed by atoms with E-state index in [1.165, 1.54) is 59.4 Å². The average molecular weight is 290 g/mol. The molecule has 0 fully saturated rings. The summed E-state index contributed by atoms with van der Waals surface area (Å²) in [5.41, 5.74) is 1.36. The molecular formula is C23H14. The van der Waals surface area contributed by atoms with Crippen LogP contribution >= 0.6 is 0 Å². The zero-order chi connectivity index (χ0) is 15.1. The minimum Gasteiger partial charge on any atom is -0.0610 e. The Morgan fingerprint density at radius 2 is 1.00 bits per heavy atom. The van der Waals surface area contributed by atoms with Crippen LogP contribution in [0.4, 0.5) is 0 Å². The monoisotopic (exact) mass is 290 g/mol. The smallest absolute Gasteiger partial charge is 0.00140 e. The molecule has 0 nitrogen and oxygen atoms in total. The molecule has 0 radical (unpaired) electrons. The van der Waals surface area contributed by atoms with Gasteiger partial charge in [-0.15, -0.1) is 0 Å². The van der Waals surface area contributed by atoms with Crippen LogP contribution in [0.5, 0.6) is 0 Å². The fourth-order valence-electron chi connectivity index (χ4n) is 4.45. The molecule has 106 valence electrons. The van der Waals surface area contributed by atoms with Gasteiger partial charge in [0.15, 0.2) is 0 Å². The SMILES string of the molecule is Cc1ccc2c3cccc4ccc5ccc6ccc1c2c6c5c43. The van der Waals surface area contributed by atoms with Crippen molar-refractivity contribution in [3.8, 4) is 0 Å². The molecule has 0 aliphatic carbocycles. The summed E-state index contributed by atoms with van der Waals surface area (Å²) in [6.07, 6.45) is 0. The van der Waals surface area contributed by atoms with Crippen molar-refractivity contribution in [2.45, 2.75) is 6.92 Å². The second-order valence-electron chi connectivity index (χ2n) is 6.65. The van der Waals surface area contributed by atoms with Crippen molar-refractivity contribution in [2.75, 3.05) is 0 Å². The minimum absolute atomic E-state index is 1.34. The predicted molar refractivity (Wildman–Crippen MR) is 101 cm³/mol. The average Bonchev–Trinajstić information content (AvgIpc) is 2.60. The molecule has 0 aromatic heterocycles. The van der Waals surface area contributed by atoms with Gasteiger partial charge in [-0.1, -0.05) is 66.7 Å². The van der Waals surface area contributed by atoms with Crippen LogP contribution in [0, 0.1) is 6.92 Å². The van der Waals surface area contributed by atoms with E-state index in [-0.39, 0.29) is 0 Å². The van der Waals surface area contributed by atoms with E-state index in [1.54, 1.807) is 0 Å². The highest BCUT2D eigenvalue weighted by molar-refractivity contribution is 6.39. The van der Waals surface area contributed by atoms with Gasteiger partial charge in [-0.3, -0.25) is 0 Å². The van der Waals surface area contributed by atoms with Gasteiger partial charge < -0.3 is 0 Å². The molecular weight excluding hydrogens is 276 g/mol. The molecule has 6 aromatic carbocycles. The second-order valence-corrected chi connectivity index (χ2v) is 6.65. The van der Waals surface area contributed by atoms with Crippen molar-refractivity contribution in [3.63, 3.8) is 0 Å². The van der Waals surface area contributed by atoms with Crippen LogP contribution in [-0.2, 0) is 0 Å². The summed E-state index contributed by atoms with van der Waals surface area (Å²) in [5, 5.41) is 13.9. The van der Waals surface area contributed by atoms with E-state index >= 15 is 0 Å². The van der Waals surface area contributed by atoms with Crippen LogP contribution in [-0.4, -0.2) is 0 Å². The molecule has 23 heavy (non-hydrogen) atoms. The normalized spacial score (nSPS) is 12.6. The first kappa shape index (κ1) is 11.7. The maximum Gasteiger partial charge on any atom is -0.00140 e. The van der Waals surface area contributed by atoms with Gasteiger partial charge in [0.25, 0.3) is 0 Å².